The zero-order valence-corrected chi connectivity index (χ0v) is 21.3. The molecule has 1 heterocycles. The summed E-state index contributed by atoms with van der Waals surface area (Å²) in [5.74, 6) is 0.385. The van der Waals surface area contributed by atoms with Gasteiger partial charge in [0.25, 0.3) is 5.91 Å². The van der Waals surface area contributed by atoms with Crippen LogP contribution in [0.1, 0.15) is 15.9 Å². The van der Waals surface area contributed by atoms with E-state index >= 15 is 0 Å². The summed E-state index contributed by atoms with van der Waals surface area (Å²) < 4.78 is 62.5. The number of methoxy groups -OCH3 is 3. The summed E-state index contributed by atoms with van der Waals surface area (Å²) in [5, 5.41) is 7.12. The van der Waals surface area contributed by atoms with E-state index in [1.165, 1.54) is 38.1 Å². The first-order chi connectivity index (χ1) is 18.7. The lowest BCUT2D eigenvalue weighted by Crippen LogP contribution is -2.14. The standard InChI is InChI=1S/C27H25F3N4O5/c1-36-14-15-39-26-32-24(17-6-4-7-18(16-17)27(28,29)30)34(33-26)20-12-10-19(11-13-20)31-25(35)23-21(37-2)8-5-9-22(23)38-3/h4-13,16H,14-15H2,1-3H3,(H,31,35). The number of hydrogen-bond donors (Lipinski definition) is 1. The topological polar surface area (TPSA) is 96.7 Å². The summed E-state index contributed by atoms with van der Waals surface area (Å²) in [6, 6.07) is 16.3. The van der Waals surface area contributed by atoms with Crippen LogP contribution in [0.15, 0.2) is 66.7 Å². The predicted octanol–water partition coefficient (Wildman–Crippen LogP) is 5.25. The second-order valence-corrected chi connectivity index (χ2v) is 8.09. The summed E-state index contributed by atoms with van der Waals surface area (Å²) in [6.07, 6.45) is -4.53. The second-order valence-electron chi connectivity index (χ2n) is 8.09. The van der Waals surface area contributed by atoms with E-state index < -0.39 is 17.6 Å². The Morgan fingerprint density at radius 1 is 0.923 bits per heavy atom. The molecule has 0 aliphatic carbocycles. The van der Waals surface area contributed by atoms with Crippen molar-refractivity contribution in [1.29, 1.82) is 0 Å². The van der Waals surface area contributed by atoms with Crippen LogP contribution in [0.2, 0.25) is 0 Å². The molecule has 0 fully saturated rings. The Morgan fingerprint density at radius 2 is 1.59 bits per heavy atom. The third-order valence-corrected chi connectivity index (χ3v) is 5.58. The van der Waals surface area contributed by atoms with Gasteiger partial charge in [-0.2, -0.15) is 18.2 Å². The lowest BCUT2D eigenvalue weighted by Gasteiger charge is -2.13. The molecule has 39 heavy (non-hydrogen) atoms. The highest BCUT2D eigenvalue weighted by Crippen LogP contribution is 2.33. The number of benzene rings is 3. The van der Waals surface area contributed by atoms with E-state index in [2.05, 4.69) is 15.4 Å². The highest BCUT2D eigenvalue weighted by molar-refractivity contribution is 6.08. The average Bonchev–Trinajstić information content (AvgIpc) is 3.37. The van der Waals surface area contributed by atoms with Crippen molar-refractivity contribution in [3.05, 3.63) is 77.9 Å². The van der Waals surface area contributed by atoms with Gasteiger partial charge in [-0.25, -0.2) is 4.68 Å². The third-order valence-electron chi connectivity index (χ3n) is 5.58. The number of alkyl halides is 3. The first-order valence-electron chi connectivity index (χ1n) is 11.6. The van der Waals surface area contributed by atoms with Gasteiger partial charge < -0.3 is 24.3 Å². The fraction of sp³-hybridized carbons (Fsp3) is 0.222. The zero-order valence-electron chi connectivity index (χ0n) is 21.3. The molecule has 1 amide bonds. The molecule has 1 aromatic heterocycles. The number of amides is 1. The Labute approximate surface area is 222 Å². The molecule has 1 N–H and O–H groups in total. The third kappa shape index (κ3) is 6.29. The Bertz CT molecular complexity index is 1420. The molecule has 0 saturated carbocycles. The van der Waals surface area contributed by atoms with Crippen LogP contribution >= 0.6 is 0 Å². The van der Waals surface area contributed by atoms with Gasteiger partial charge in [-0.05, 0) is 48.5 Å². The summed E-state index contributed by atoms with van der Waals surface area (Å²) in [4.78, 5) is 17.3. The quantitative estimate of drug-likeness (QED) is 0.274. The van der Waals surface area contributed by atoms with Gasteiger partial charge in [-0.1, -0.05) is 18.2 Å². The minimum Gasteiger partial charge on any atom is -0.496 e. The number of rotatable bonds is 10. The van der Waals surface area contributed by atoms with Crippen LogP contribution in [0.3, 0.4) is 0 Å². The highest BCUT2D eigenvalue weighted by atomic mass is 19.4. The fourth-order valence-electron chi connectivity index (χ4n) is 3.73. The van der Waals surface area contributed by atoms with E-state index in [4.69, 9.17) is 18.9 Å². The Hall–Kier alpha value is -4.58. The number of halogens is 3. The van der Waals surface area contributed by atoms with Gasteiger partial charge in [0.1, 0.15) is 23.7 Å². The highest BCUT2D eigenvalue weighted by Gasteiger charge is 2.31. The van der Waals surface area contributed by atoms with Crippen LogP contribution in [0, 0.1) is 0 Å². The normalized spacial score (nSPS) is 11.2. The number of carbonyl (C=O) groups is 1. The van der Waals surface area contributed by atoms with Gasteiger partial charge in [-0.15, -0.1) is 5.10 Å². The van der Waals surface area contributed by atoms with E-state index in [1.54, 1.807) is 42.5 Å². The molecule has 3 aromatic carbocycles. The monoisotopic (exact) mass is 542 g/mol. The number of nitrogens with one attached hydrogen (secondary N) is 1. The number of nitrogens with zero attached hydrogens (tertiary/aromatic N) is 3. The van der Waals surface area contributed by atoms with Gasteiger partial charge in [-0.3, -0.25) is 4.79 Å². The average molecular weight is 543 g/mol. The fourth-order valence-corrected chi connectivity index (χ4v) is 3.73. The molecular formula is C27H25F3N4O5. The minimum atomic E-state index is -4.53. The van der Waals surface area contributed by atoms with Gasteiger partial charge in [0.2, 0.25) is 0 Å². The van der Waals surface area contributed by atoms with Crippen LogP contribution in [0.25, 0.3) is 17.1 Å². The molecule has 0 radical (unpaired) electrons. The van der Waals surface area contributed by atoms with Crippen LogP contribution < -0.4 is 19.5 Å². The molecule has 9 nitrogen and oxygen atoms in total. The number of ether oxygens (including phenoxy) is 4. The molecule has 0 spiro atoms. The molecule has 0 saturated heterocycles. The molecular weight excluding hydrogens is 517 g/mol. The van der Waals surface area contributed by atoms with E-state index in [1.807, 2.05) is 0 Å². The lowest BCUT2D eigenvalue weighted by molar-refractivity contribution is -0.137. The second kappa shape index (κ2) is 11.9. The molecule has 12 heteroatoms. The van der Waals surface area contributed by atoms with Crippen LogP contribution in [0.4, 0.5) is 18.9 Å². The van der Waals surface area contributed by atoms with Crippen molar-refractivity contribution >= 4 is 11.6 Å². The Morgan fingerprint density at radius 3 is 2.21 bits per heavy atom. The number of carbonyl (C=O) groups excluding carboxylic acids is 1. The van der Waals surface area contributed by atoms with E-state index in [0.29, 0.717) is 22.9 Å². The van der Waals surface area contributed by atoms with Gasteiger partial charge >= 0.3 is 12.2 Å². The Balaban J connectivity index is 1.65. The largest absolute Gasteiger partial charge is 0.496 e. The maximum absolute atomic E-state index is 13.4. The number of aromatic nitrogens is 3. The summed E-state index contributed by atoms with van der Waals surface area (Å²) in [7, 11) is 4.41. The van der Waals surface area contributed by atoms with Crippen molar-refractivity contribution in [1.82, 2.24) is 14.8 Å². The molecule has 4 aromatic rings. The Kier molecular flexibility index (Phi) is 8.35. The molecule has 204 valence electrons. The smallest absolute Gasteiger partial charge is 0.416 e. The SMILES string of the molecule is COCCOc1nc(-c2cccc(C(F)(F)F)c2)n(-c2ccc(NC(=O)c3c(OC)cccc3OC)cc2)n1. The lowest BCUT2D eigenvalue weighted by atomic mass is 10.1. The van der Waals surface area contributed by atoms with Crippen molar-refractivity contribution in [2.24, 2.45) is 0 Å². The first-order valence-corrected chi connectivity index (χ1v) is 11.6. The van der Waals surface area contributed by atoms with Gasteiger partial charge in [0.15, 0.2) is 5.82 Å². The van der Waals surface area contributed by atoms with Crippen molar-refractivity contribution < 1.29 is 36.9 Å². The summed E-state index contributed by atoms with van der Waals surface area (Å²) in [5.41, 5.74) is 0.534. The molecule has 0 atom stereocenters. The van der Waals surface area contributed by atoms with Crippen molar-refractivity contribution in [3.8, 4) is 34.6 Å². The number of hydrogen-bond acceptors (Lipinski definition) is 7. The van der Waals surface area contributed by atoms with Gasteiger partial charge in [0, 0.05) is 18.4 Å². The van der Waals surface area contributed by atoms with Crippen molar-refractivity contribution in [2.45, 2.75) is 6.18 Å². The number of anilines is 1. The van der Waals surface area contributed by atoms with Crippen molar-refractivity contribution in [2.75, 3.05) is 39.9 Å². The molecule has 4 rings (SSSR count). The van der Waals surface area contributed by atoms with E-state index in [-0.39, 0.29) is 36.2 Å². The van der Waals surface area contributed by atoms with E-state index in [0.717, 1.165) is 12.1 Å². The summed E-state index contributed by atoms with van der Waals surface area (Å²) in [6.45, 7) is 0.429. The zero-order chi connectivity index (χ0) is 28.0. The van der Waals surface area contributed by atoms with E-state index in [9.17, 15) is 18.0 Å². The summed E-state index contributed by atoms with van der Waals surface area (Å²) >= 11 is 0. The van der Waals surface area contributed by atoms with Crippen LogP contribution in [-0.2, 0) is 10.9 Å². The predicted molar refractivity (Wildman–Crippen MR) is 137 cm³/mol. The molecule has 0 aliphatic rings. The van der Waals surface area contributed by atoms with Crippen LogP contribution in [-0.4, -0.2) is 55.2 Å². The first kappa shape index (κ1) is 27.5. The molecule has 0 aliphatic heterocycles. The maximum Gasteiger partial charge on any atom is 0.416 e. The van der Waals surface area contributed by atoms with Gasteiger partial charge in [0.05, 0.1) is 32.1 Å². The minimum absolute atomic E-state index is 0.0277. The molecule has 0 bridgehead atoms. The molecule has 0 unspecified atom stereocenters. The van der Waals surface area contributed by atoms with Crippen molar-refractivity contribution in [3.63, 3.8) is 0 Å². The van der Waals surface area contributed by atoms with Crippen LogP contribution in [0.5, 0.6) is 17.5 Å². The maximum atomic E-state index is 13.4.